The number of nitrogens with two attached hydrogens (primary N) is 1. The molecular formula is C18H24IN3O. The molecule has 0 aliphatic rings. The van der Waals surface area contributed by atoms with Crippen LogP contribution in [-0.2, 0) is 6.54 Å². The van der Waals surface area contributed by atoms with E-state index in [1.807, 2.05) is 36.4 Å². The fourth-order valence-electron chi connectivity index (χ4n) is 2.07. The molecule has 3 N–H and O–H groups in total. The third-order valence-electron chi connectivity index (χ3n) is 3.42. The van der Waals surface area contributed by atoms with Crippen LogP contribution in [0.3, 0.4) is 0 Å². The van der Waals surface area contributed by atoms with Gasteiger partial charge in [-0.1, -0.05) is 38.1 Å². The van der Waals surface area contributed by atoms with Gasteiger partial charge in [-0.3, -0.25) is 0 Å². The molecule has 0 aromatic heterocycles. The van der Waals surface area contributed by atoms with Gasteiger partial charge in [0, 0.05) is 5.69 Å². The quantitative estimate of drug-likeness (QED) is 0.425. The number of nitrogens with one attached hydrogen (secondary N) is 1. The SMILES string of the molecule is COc1ccc(CN=C(N)Nc2cccc(C(C)C)c2)cc1.I. The number of nitrogens with zero attached hydrogens (tertiary/aromatic N) is 1. The van der Waals surface area contributed by atoms with Crippen molar-refractivity contribution in [1.82, 2.24) is 0 Å². The summed E-state index contributed by atoms with van der Waals surface area (Å²) < 4.78 is 5.13. The zero-order valence-electron chi connectivity index (χ0n) is 13.7. The highest BCUT2D eigenvalue weighted by atomic mass is 127. The van der Waals surface area contributed by atoms with Crippen molar-refractivity contribution in [2.45, 2.75) is 26.3 Å². The summed E-state index contributed by atoms with van der Waals surface area (Å²) in [5.41, 5.74) is 9.27. The van der Waals surface area contributed by atoms with Crippen molar-refractivity contribution in [2.24, 2.45) is 10.7 Å². The predicted octanol–water partition coefficient (Wildman–Crippen LogP) is 4.36. The monoisotopic (exact) mass is 425 g/mol. The highest BCUT2D eigenvalue weighted by Gasteiger charge is 2.01. The number of hydrogen-bond donors (Lipinski definition) is 2. The number of aliphatic imine (C=N–C) groups is 1. The number of methoxy groups -OCH3 is 1. The van der Waals surface area contributed by atoms with Crippen molar-refractivity contribution in [3.63, 3.8) is 0 Å². The summed E-state index contributed by atoms with van der Waals surface area (Å²) in [5, 5.41) is 3.13. The molecule has 2 aromatic carbocycles. The second-order valence-corrected chi connectivity index (χ2v) is 5.45. The molecule has 0 spiro atoms. The fourth-order valence-corrected chi connectivity index (χ4v) is 2.07. The number of ether oxygens (including phenoxy) is 1. The first-order chi connectivity index (χ1) is 10.6. The van der Waals surface area contributed by atoms with E-state index in [1.165, 1.54) is 5.56 Å². The molecule has 0 unspecified atom stereocenters. The van der Waals surface area contributed by atoms with Gasteiger partial charge in [-0.2, -0.15) is 0 Å². The van der Waals surface area contributed by atoms with Crippen LogP contribution in [0.1, 0.15) is 30.9 Å². The Morgan fingerprint density at radius 2 is 1.87 bits per heavy atom. The minimum Gasteiger partial charge on any atom is -0.497 e. The van der Waals surface area contributed by atoms with Crippen LogP contribution < -0.4 is 15.8 Å². The molecule has 0 saturated carbocycles. The van der Waals surface area contributed by atoms with Gasteiger partial charge in [0.2, 0.25) is 0 Å². The lowest BCUT2D eigenvalue weighted by atomic mass is 10.0. The summed E-state index contributed by atoms with van der Waals surface area (Å²) in [6.07, 6.45) is 0. The number of anilines is 1. The molecule has 124 valence electrons. The second kappa shape index (κ2) is 9.39. The lowest BCUT2D eigenvalue weighted by molar-refractivity contribution is 0.414. The molecule has 0 bridgehead atoms. The van der Waals surface area contributed by atoms with E-state index in [-0.39, 0.29) is 24.0 Å². The second-order valence-electron chi connectivity index (χ2n) is 5.45. The van der Waals surface area contributed by atoms with Gasteiger partial charge in [-0.05, 0) is 41.3 Å². The Morgan fingerprint density at radius 1 is 1.17 bits per heavy atom. The number of rotatable bonds is 5. The summed E-state index contributed by atoms with van der Waals surface area (Å²) in [6, 6.07) is 16.0. The molecule has 2 aromatic rings. The zero-order valence-corrected chi connectivity index (χ0v) is 16.1. The number of benzene rings is 2. The molecule has 0 aliphatic heterocycles. The standard InChI is InChI=1S/C18H23N3O.HI/c1-13(2)15-5-4-6-16(11-15)21-18(19)20-12-14-7-9-17(22-3)10-8-14;/h4-11,13H,12H2,1-3H3,(H3,19,20,21);1H. The van der Waals surface area contributed by atoms with Gasteiger partial charge >= 0.3 is 0 Å². The topological polar surface area (TPSA) is 59.6 Å². The van der Waals surface area contributed by atoms with Gasteiger partial charge in [0.1, 0.15) is 5.75 Å². The predicted molar refractivity (Wildman–Crippen MR) is 108 cm³/mol. The Bertz CT molecular complexity index is 639. The third-order valence-corrected chi connectivity index (χ3v) is 3.42. The minimum absolute atomic E-state index is 0. The molecule has 0 atom stereocenters. The van der Waals surface area contributed by atoms with E-state index in [9.17, 15) is 0 Å². The van der Waals surface area contributed by atoms with Crippen LogP contribution in [0.15, 0.2) is 53.5 Å². The van der Waals surface area contributed by atoms with Crippen molar-refractivity contribution < 1.29 is 4.74 Å². The van der Waals surface area contributed by atoms with Gasteiger partial charge in [-0.25, -0.2) is 4.99 Å². The first-order valence-electron chi connectivity index (χ1n) is 7.38. The molecule has 5 heteroatoms. The Kier molecular flexibility index (Phi) is 7.88. The Labute approximate surface area is 155 Å². The van der Waals surface area contributed by atoms with Crippen LogP contribution in [0.5, 0.6) is 5.75 Å². The van der Waals surface area contributed by atoms with Gasteiger partial charge in [0.05, 0.1) is 13.7 Å². The Morgan fingerprint density at radius 3 is 2.48 bits per heavy atom. The number of halogens is 1. The molecule has 0 saturated heterocycles. The molecule has 4 nitrogen and oxygen atoms in total. The van der Waals surface area contributed by atoms with Crippen LogP contribution in [-0.4, -0.2) is 13.1 Å². The van der Waals surface area contributed by atoms with Crippen LogP contribution in [0.4, 0.5) is 5.69 Å². The maximum absolute atomic E-state index is 5.95. The van der Waals surface area contributed by atoms with Crippen LogP contribution in [0.2, 0.25) is 0 Å². The fraction of sp³-hybridized carbons (Fsp3) is 0.278. The summed E-state index contributed by atoms with van der Waals surface area (Å²) >= 11 is 0. The molecule has 0 heterocycles. The lowest BCUT2D eigenvalue weighted by Crippen LogP contribution is -2.22. The first-order valence-corrected chi connectivity index (χ1v) is 7.38. The summed E-state index contributed by atoms with van der Waals surface area (Å²) in [7, 11) is 1.65. The maximum Gasteiger partial charge on any atom is 0.193 e. The van der Waals surface area contributed by atoms with Crippen LogP contribution in [0.25, 0.3) is 0 Å². The molecule has 0 radical (unpaired) electrons. The highest BCUT2D eigenvalue weighted by Crippen LogP contribution is 2.18. The zero-order chi connectivity index (χ0) is 15.9. The molecule has 23 heavy (non-hydrogen) atoms. The first kappa shape index (κ1) is 19.3. The van der Waals surface area contributed by atoms with E-state index in [1.54, 1.807) is 7.11 Å². The molecule has 0 fully saturated rings. The largest absolute Gasteiger partial charge is 0.497 e. The van der Waals surface area contributed by atoms with Gasteiger partial charge in [-0.15, -0.1) is 24.0 Å². The highest BCUT2D eigenvalue weighted by molar-refractivity contribution is 14.0. The maximum atomic E-state index is 5.95. The minimum atomic E-state index is 0. The van der Waals surface area contributed by atoms with Gasteiger partial charge in [0.25, 0.3) is 0 Å². The van der Waals surface area contributed by atoms with Crippen LogP contribution in [0, 0.1) is 0 Å². The van der Waals surface area contributed by atoms with E-state index < -0.39 is 0 Å². The molecule has 2 rings (SSSR count). The number of hydrogen-bond acceptors (Lipinski definition) is 2. The van der Waals surface area contributed by atoms with E-state index in [2.05, 4.69) is 36.3 Å². The van der Waals surface area contributed by atoms with E-state index in [0.29, 0.717) is 18.4 Å². The van der Waals surface area contributed by atoms with E-state index in [0.717, 1.165) is 17.0 Å². The van der Waals surface area contributed by atoms with Gasteiger partial charge < -0.3 is 15.8 Å². The number of guanidine groups is 1. The molecular weight excluding hydrogens is 401 g/mol. The van der Waals surface area contributed by atoms with E-state index >= 15 is 0 Å². The van der Waals surface area contributed by atoms with E-state index in [4.69, 9.17) is 10.5 Å². The Balaban J connectivity index is 0.00000264. The van der Waals surface area contributed by atoms with Crippen molar-refractivity contribution in [3.8, 4) is 5.75 Å². The normalized spacial score (nSPS) is 11.0. The van der Waals surface area contributed by atoms with Crippen LogP contribution >= 0.6 is 24.0 Å². The van der Waals surface area contributed by atoms with Crippen molar-refractivity contribution in [1.29, 1.82) is 0 Å². The summed E-state index contributed by atoms with van der Waals surface area (Å²) in [5.74, 6) is 1.74. The smallest absolute Gasteiger partial charge is 0.193 e. The average molecular weight is 425 g/mol. The van der Waals surface area contributed by atoms with Crippen molar-refractivity contribution in [2.75, 3.05) is 12.4 Å². The Hall–Kier alpha value is -1.76. The summed E-state index contributed by atoms with van der Waals surface area (Å²) in [4.78, 5) is 4.36. The van der Waals surface area contributed by atoms with Crippen molar-refractivity contribution >= 4 is 35.6 Å². The molecule has 0 amide bonds. The molecule has 0 aliphatic carbocycles. The van der Waals surface area contributed by atoms with Crippen molar-refractivity contribution in [3.05, 3.63) is 59.7 Å². The summed E-state index contributed by atoms with van der Waals surface area (Å²) in [6.45, 7) is 4.87. The average Bonchev–Trinajstić information content (AvgIpc) is 2.53. The lowest BCUT2D eigenvalue weighted by Gasteiger charge is -2.10. The van der Waals surface area contributed by atoms with Gasteiger partial charge in [0.15, 0.2) is 5.96 Å². The third kappa shape index (κ3) is 6.09.